The second kappa shape index (κ2) is 3.12. The first-order valence-corrected chi connectivity index (χ1v) is 3.96. The van der Waals surface area contributed by atoms with Crippen LogP contribution in [0, 0.1) is 0 Å². The minimum Gasteiger partial charge on any atom is -0.394 e. The first kappa shape index (κ1) is 8.15. The van der Waals surface area contributed by atoms with Crippen LogP contribution in [0.4, 0.5) is 0 Å². The van der Waals surface area contributed by atoms with E-state index in [0.29, 0.717) is 0 Å². The van der Waals surface area contributed by atoms with Crippen LogP contribution in [0.3, 0.4) is 0 Å². The summed E-state index contributed by atoms with van der Waals surface area (Å²) in [6.07, 6.45) is 6.72. The Kier molecular flexibility index (Phi) is 1.96. The molecule has 0 unspecified atom stereocenters. The van der Waals surface area contributed by atoms with Crippen molar-refractivity contribution in [2.45, 2.75) is 6.04 Å². The lowest BCUT2D eigenvalue weighted by Gasteiger charge is -2.06. The zero-order chi connectivity index (χ0) is 9.26. The van der Waals surface area contributed by atoms with Crippen LogP contribution < -0.4 is 5.73 Å². The topological polar surface area (TPSA) is 76.4 Å². The summed E-state index contributed by atoms with van der Waals surface area (Å²) in [4.78, 5) is 8.02. The van der Waals surface area contributed by atoms with E-state index in [1.165, 1.54) is 0 Å². The second-order valence-electron chi connectivity index (χ2n) is 2.78. The third kappa shape index (κ3) is 1.28. The van der Waals surface area contributed by atoms with Gasteiger partial charge < -0.3 is 10.8 Å². The summed E-state index contributed by atoms with van der Waals surface area (Å²) < 4.78 is 1.81. The molecule has 0 spiro atoms. The van der Waals surface area contributed by atoms with Gasteiger partial charge in [0.15, 0.2) is 5.65 Å². The van der Waals surface area contributed by atoms with E-state index < -0.39 is 6.04 Å². The minimum atomic E-state index is -0.391. The van der Waals surface area contributed by atoms with Crippen molar-refractivity contribution in [1.29, 1.82) is 0 Å². The van der Waals surface area contributed by atoms with Gasteiger partial charge in [0, 0.05) is 12.4 Å². The largest absolute Gasteiger partial charge is 0.394 e. The molecule has 0 aliphatic carbocycles. The van der Waals surface area contributed by atoms with Gasteiger partial charge in [-0.15, -0.1) is 0 Å². The van der Waals surface area contributed by atoms with Gasteiger partial charge in [0.25, 0.3) is 0 Å². The van der Waals surface area contributed by atoms with Crippen molar-refractivity contribution < 1.29 is 5.11 Å². The minimum absolute atomic E-state index is 0.0872. The number of aliphatic hydroxyl groups excluding tert-OH is 1. The van der Waals surface area contributed by atoms with Gasteiger partial charge >= 0.3 is 0 Å². The molecular weight excluding hydrogens is 168 g/mol. The van der Waals surface area contributed by atoms with Gasteiger partial charge in [0.2, 0.25) is 0 Å². The highest BCUT2D eigenvalue weighted by Crippen LogP contribution is 2.10. The summed E-state index contributed by atoms with van der Waals surface area (Å²) in [5, 5.41) is 8.88. The van der Waals surface area contributed by atoms with E-state index >= 15 is 0 Å². The molecule has 2 aromatic heterocycles. The van der Waals surface area contributed by atoms with Crippen LogP contribution in [0.15, 0.2) is 24.8 Å². The summed E-state index contributed by atoms with van der Waals surface area (Å²) >= 11 is 0. The molecule has 2 rings (SSSR count). The van der Waals surface area contributed by atoms with E-state index in [-0.39, 0.29) is 6.61 Å². The van der Waals surface area contributed by atoms with Gasteiger partial charge in [0.1, 0.15) is 0 Å². The number of aliphatic hydroxyl groups is 1. The molecule has 2 aromatic rings. The first-order valence-electron chi connectivity index (χ1n) is 3.96. The average Bonchev–Trinajstić information content (AvgIpc) is 2.60. The number of hydrogen-bond acceptors (Lipinski definition) is 4. The molecule has 2 heterocycles. The second-order valence-corrected chi connectivity index (χ2v) is 2.78. The molecule has 0 saturated heterocycles. The van der Waals surface area contributed by atoms with Crippen molar-refractivity contribution in [3.63, 3.8) is 0 Å². The van der Waals surface area contributed by atoms with Crippen molar-refractivity contribution in [3.05, 3.63) is 30.5 Å². The van der Waals surface area contributed by atoms with Crippen LogP contribution >= 0.6 is 0 Å². The van der Waals surface area contributed by atoms with Gasteiger partial charge in [-0.2, -0.15) is 0 Å². The quantitative estimate of drug-likeness (QED) is 0.663. The van der Waals surface area contributed by atoms with Crippen LogP contribution in [0.25, 0.3) is 5.65 Å². The van der Waals surface area contributed by atoms with E-state index in [0.717, 1.165) is 11.3 Å². The molecule has 0 aromatic carbocycles. The van der Waals surface area contributed by atoms with Crippen molar-refractivity contribution in [1.82, 2.24) is 14.4 Å². The Morgan fingerprint density at radius 2 is 2.38 bits per heavy atom. The van der Waals surface area contributed by atoms with Crippen molar-refractivity contribution >= 4 is 5.65 Å². The Balaban J connectivity index is 2.57. The summed E-state index contributed by atoms with van der Waals surface area (Å²) in [7, 11) is 0. The molecule has 5 nitrogen and oxygen atoms in total. The number of imidazole rings is 1. The summed E-state index contributed by atoms with van der Waals surface area (Å²) in [5.74, 6) is 0. The van der Waals surface area contributed by atoms with Gasteiger partial charge in [0.05, 0.1) is 30.7 Å². The molecule has 0 radical (unpaired) electrons. The summed E-state index contributed by atoms with van der Waals surface area (Å²) in [6.45, 7) is -0.0872. The molecule has 3 N–H and O–H groups in total. The normalized spacial score (nSPS) is 13.4. The zero-order valence-electron chi connectivity index (χ0n) is 6.96. The molecule has 0 saturated carbocycles. The van der Waals surface area contributed by atoms with E-state index in [2.05, 4.69) is 9.97 Å². The molecule has 68 valence electrons. The number of nitrogens with zero attached hydrogens (tertiary/aromatic N) is 3. The molecule has 0 bridgehead atoms. The van der Waals surface area contributed by atoms with Crippen molar-refractivity contribution in [2.75, 3.05) is 6.61 Å². The molecule has 0 aliphatic rings. The lowest BCUT2D eigenvalue weighted by Crippen LogP contribution is -2.16. The predicted octanol–water partition coefficient (Wildman–Crippen LogP) is -0.279. The van der Waals surface area contributed by atoms with Crippen molar-refractivity contribution in [3.8, 4) is 0 Å². The maximum Gasteiger partial charge on any atom is 0.155 e. The van der Waals surface area contributed by atoms with Crippen LogP contribution in [-0.2, 0) is 0 Å². The van der Waals surface area contributed by atoms with Crippen LogP contribution in [0.1, 0.15) is 11.7 Å². The fourth-order valence-electron chi connectivity index (χ4n) is 1.23. The van der Waals surface area contributed by atoms with Crippen LogP contribution in [0.5, 0.6) is 0 Å². The molecule has 0 fully saturated rings. The smallest absolute Gasteiger partial charge is 0.155 e. The SMILES string of the molecule is N[C@H](CO)c1cnc2cnccn12. The highest BCUT2D eigenvalue weighted by molar-refractivity contribution is 5.37. The highest BCUT2D eigenvalue weighted by atomic mass is 16.3. The molecule has 0 amide bonds. The molecule has 5 heteroatoms. The predicted molar refractivity (Wildman–Crippen MR) is 47.0 cm³/mol. The molecular formula is C8H10N4O. The van der Waals surface area contributed by atoms with Crippen molar-refractivity contribution in [2.24, 2.45) is 5.73 Å². The third-order valence-corrected chi connectivity index (χ3v) is 1.92. The van der Waals surface area contributed by atoms with Gasteiger partial charge in [-0.1, -0.05) is 0 Å². The first-order chi connectivity index (χ1) is 6.33. The molecule has 1 atom stereocenters. The van der Waals surface area contributed by atoms with Gasteiger partial charge in [-0.3, -0.25) is 9.38 Å². The fraction of sp³-hybridized carbons (Fsp3) is 0.250. The maximum atomic E-state index is 8.88. The standard InChI is InChI=1S/C8H10N4O/c9-6(5-13)7-3-11-8-4-10-1-2-12(7)8/h1-4,6,13H,5,9H2/t6-/m1/s1. The molecule has 0 aliphatic heterocycles. The fourth-order valence-corrected chi connectivity index (χ4v) is 1.23. The number of aromatic nitrogens is 3. The number of hydrogen-bond donors (Lipinski definition) is 2. The molecule has 13 heavy (non-hydrogen) atoms. The maximum absolute atomic E-state index is 8.88. The van der Waals surface area contributed by atoms with Gasteiger partial charge in [-0.25, -0.2) is 4.98 Å². The zero-order valence-corrected chi connectivity index (χ0v) is 6.96. The van der Waals surface area contributed by atoms with E-state index in [4.69, 9.17) is 10.8 Å². The Hall–Kier alpha value is -1.46. The average molecular weight is 178 g/mol. The lowest BCUT2D eigenvalue weighted by molar-refractivity contribution is 0.265. The Morgan fingerprint density at radius 1 is 1.54 bits per heavy atom. The van der Waals surface area contributed by atoms with E-state index in [1.807, 2.05) is 4.40 Å². The number of nitrogens with two attached hydrogens (primary N) is 1. The van der Waals surface area contributed by atoms with Crippen LogP contribution in [-0.4, -0.2) is 26.1 Å². The summed E-state index contributed by atoms with van der Waals surface area (Å²) in [5.41, 5.74) is 7.20. The number of rotatable bonds is 2. The van der Waals surface area contributed by atoms with E-state index in [1.54, 1.807) is 24.8 Å². The Labute approximate surface area is 74.9 Å². The van der Waals surface area contributed by atoms with E-state index in [9.17, 15) is 0 Å². The monoisotopic (exact) mass is 178 g/mol. The summed E-state index contributed by atoms with van der Waals surface area (Å²) in [6, 6.07) is -0.391. The van der Waals surface area contributed by atoms with Gasteiger partial charge in [-0.05, 0) is 0 Å². The third-order valence-electron chi connectivity index (χ3n) is 1.92. The Bertz CT molecular complexity index is 411. The number of fused-ring (bicyclic) bond motifs is 1. The Morgan fingerprint density at radius 3 is 3.15 bits per heavy atom. The lowest BCUT2D eigenvalue weighted by atomic mass is 10.2. The van der Waals surface area contributed by atoms with Crippen LogP contribution in [0.2, 0.25) is 0 Å². The highest BCUT2D eigenvalue weighted by Gasteiger charge is 2.09.